The predicted octanol–water partition coefficient (Wildman–Crippen LogP) is 2.18. The highest BCUT2D eigenvalue weighted by Crippen LogP contribution is 2.13. The van der Waals surface area contributed by atoms with Gasteiger partial charge in [0.25, 0.3) is 0 Å². The molecule has 19 heavy (non-hydrogen) atoms. The average molecular weight is 279 g/mol. The topological polar surface area (TPSA) is 68.0 Å². The lowest BCUT2D eigenvalue weighted by Crippen LogP contribution is -2.26. The Kier molecular flexibility index (Phi) is 5.09. The van der Waals surface area contributed by atoms with Gasteiger partial charge in [-0.1, -0.05) is 24.6 Å². The standard InChI is InChI=1S/C13H17N3O2S/c1-2-3-6-14-12(17)9-11-15-13(18-16-11)8-10-5-4-7-19-10/h4-5,7H,2-3,6,8-9H2,1H3,(H,14,17). The van der Waals surface area contributed by atoms with Crippen molar-refractivity contribution in [3.05, 3.63) is 34.1 Å². The molecular weight excluding hydrogens is 262 g/mol. The normalized spacial score (nSPS) is 10.6. The SMILES string of the molecule is CCCCNC(=O)Cc1noc(Cc2cccs2)n1. The number of hydrogen-bond donors (Lipinski definition) is 1. The number of thiophene rings is 1. The van der Waals surface area contributed by atoms with Crippen molar-refractivity contribution in [3.63, 3.8) is 0 Å². The fraction of sp³-hybridized carbons (Fsp3) is 0.462. The summed E-state index contributed by atoms with van der Waals surface area (Å²) in [5.74, 6) is 0.941. The van der Waals surface area contributed by atoms with Crippen molar-refractivity contribution < 1.29 is 9.32 Å². The summed E-state index contributed by atoms with van der Waals surface area (Å²) in [6, 6.07) is 4.00. The van der Waals surface area contributed by atoms with Crippen LogP contribution in [0.5, 0.6) is 0 Å². The van der Waals surface area contributed by atoms with E-state index in [0.717, 1.165) is 12.8 Å². The third-order valence-corrected chi connectivity index (χ3v) is 3.46. The van der Waals surface area contributed by atoms with Gasteiger partial charge in [0, 0.05) is 11.4 Å². The highest BCUT2D eigenvalue weighted by atomic mass is 32.1. The summed E-state index contributed by atoms with van der Waals surface area (Å²) in [7, 11) is 0. The zero-order valence-corrected chi connectivity index (χ0v) is 11.7. The molecule has 0 atom stereocenters. The summed E-state index contributed by atoms with van der Waals surface area (Å²) in [5, 5.41) is 8.66. The van der Waals surface area contributed by atoms with Crippen LogP contribution in [0.15, 0.2) is 22.0 Å². The van der Waals surface area contributed by atoms with Crippen molar-refractivity contribution in [3.8, 4) is 0 Å². The Morgan fingerprint density at radius 2 is 2.42 bits per heavy atom. The molecule has 0 unspecified atom stereocenters. The minimum absolute atomic E-state index is 0.0584. The predicted molar refractivity (Wildman–Crippen MR) is 73.0 cm³/mol. The number of unbranched alkanes of at least 4 members (excludes halogenated alkanes) is 1. The number of nitrogens with zero attached hydrogens (tertiary/aromatic N) is 2. The lowest BCUT2D eigenvalue weighted by Gasteiger charge is -2.00. The molecule has 0 aliphatic carbocycles. The third-order valence-electron chi connectivity index (χ3n) is 2.59. The second-order valence-corrected chi connectivity index (χ2v) is 5.27. The number of nitrogens with one attached hydrogen (secondary N) is 1. The van der Waals surface area contributed by atoms with Gasteiger partial charge in [-0.05, 0) is 17.9 Å². The zero-order chi connectivity index (χ0) is 13.5. The molecule has 0 fully saturated rings. The molecule has 102 valence electrons. The quantitative estimate of drug-likeness (QED) is 0.789. The number of amides is 1. The summed E-state index contributed by atoms with van der Waals surface area (Å²) in [6.07, 6.45) is 2.86. The molecule has 2 heterocycles. The molecule has 2 rings (SSSR count). The molecule has 2 aromatic heterocycles. The molecule has 0 bridgehead atoms. The Bertz CT molecular complexity index is 508. The monoisotopic (exact) mass is 279 g/mol. The van der Waals surface area contributed by atoms with Gasteiger partial charge in [0.15, 0.2) is 5.82 Å². The first-order valence-electron chi connectivity index (χ1n) is 6.38. The molecule has 0 aliphatic rings. The van der Waals surface area contributed by atoms with Gasteiger partial charge >= 0.3 is 0 Å². The van der Waals surface area contributed by atoms with E-state index in [1.807, 2.05) is 17.5 Å². The number of aromatic nitrogens is 2. The maximum absolute atomic E-state index is 11.6. The molecule has 0 spiro atoms. The van der Waals surface area contributed by atoms with Crippen molar-refractivity contribution >= 4 is 17.2 Å². The van der Waals surface area contributed by atoms with Gasteiger partial charge < -0.3 is 9.84 Å². The van der Waals surface area contributed by atoms with Crippen LogP contribution in [-0.4, -0.2) is 22.6 Å². The Morgan fingerprint density at radius 3 is 3.16 bits per heavy atom. The van der Waals surface area contributed by atoms with Gasteiger partial charge in [-0.2, -0.15) is 4.98 Å². The molecule has 1 N–H and O–H groups in total. The minimum Gasteiger partial charge on any atom is -0.356 e. The van der Waals surface area contributed by atoms with Crippen LogP contribution in [-0.2, 0) is 17.6 Å². The van der Waals surface area contributed by atoms with Crippen molar-refractivity contribution in [1.82, 2.24) is 15.5 Å². The average Bonchev–Trinajstić information content (AvgIpc) is 3.02. The highest BCUT2D eigenvalue weighted by Gasteiger charge is 2.11. The summed E-state index contributed by atoms with van der Waals surface area (Å²) >= 11 is 1.65. The van der Waals surface area contributed by atoms with E-state index < -0.39 is 0 Å². The van der Waals surface area contributed by atoms with Gasteiger partial charge in [-0.15, -0.1) is 11.3 Å². The van der Waals surface area contributed by atoms with Crippen LogP contribution in [0.2, 0.25) is 0 Å². The first kappa shape index (κ1) is 13.7. The summed E-state index contributed by atoms with van der Waals surface area (Å²) < 4.78 is 5.13. The van der Waals surface area contributed by atoms with E-state index in [1.54, 1.807) is 11.3 Å². The molecule has 0 radical (unpaired) electrons. The molecule has 0 saturated heterocycles. The van der Waals surface area contributed by atoms with Crippen LogP contribution in [0.1, 0.15) is 36.4 Å². The van der Waals surface area contributed by atoms with E-state index >= 15 is 0 Å². The fourth-order valence-corrected chi connectivity index (χ4v) is 2.30. The van der Waals surface area contributed by atoms with Gasteiger partial charge in [0.2, 0.25) is 11.8 Å². The molecule has 0 aromatic carbocycles. The van der Waals surface area contributed by atoms with E-state index in [2.05, 4.69) is 22.4 Å². The molecule has 2 aromatic rings. The maximum atomic E-state index is 11.6. The summed E-state index contributed by atoms with van der Waals surface area (Å²) in [4.78, 5) is 17.0. The second-order valence-electron chi connectivity index (χ2n) is 4.24. The minimum atomic E-state index is -0.0584. The second kappa shape index (κ2) is 7.04. The molecule has 1 amide bonds. The first-order valence-corrected chi connectivity index (χ1v) is 7.26. The molecule has 0 aliphatic heterocycles. The highest BCUT2D eigenvalue weighted by molar-refractivity contribution is 7.09. The van der Waals surface area contributed by atoms with Crippen LogP contribution >= 0.6 is 11.3 Å². The Hall–Kier alpha value is -1.69. The number of carbonyl (C=O) groups excluding carboxylic acids is 1. The van der Waals surface area contributed by atoms with E-state index in [1.165, 1.54) is 4.88 Å². The van der Waals surface area contributed by atoms with Crippen LogP contribution in [0.4, 0.5) is 0 Å². The maximum Gasteiger partial charge on any atom is 0.231 e. The molecule has 0 saturated carbocycles. The van der Waals surface area contributed by atoms with Gasteiger partial charge in [-0.25, -0.2) is 0 Å². The first-order chi connectivity index (χ1) is 9.28. The van der Waals surface area contributed by atoms with Crippen molar-refractivity contribution in [2.24, 2.45) is 0 Å². The van der Waals surface area contributed by atoms with Crippen LogP contribution in [0, 0.1) is 0 Å². The summed E-state index contributed by atoms with van der Waals surface area (Å²) in [5.41, 5.74) is 0. The smallest absolute Gasteiger partial charge is 0.231 e. The zero-order valence-electron chi connectivity index (χ0n) is 10.9. The van der Waals surface area contributed by atoms with Crippen molar-refractivity contribution in [2.45, 2.75) is 32.6 Å². The number of carbonyl (C=O) groups is 1. The lowest BCUT2D eigenvalue weighted by molar-refractivity contribution is -0.120. The van der Waals surface area contributed by atoms with Crippen LogP contribution < -0.4 is 5.32 Å². The summed E-state index contributed by atoms with van der Waals surface area (Å²) in [6.45, 7) is 2.79. The number of rotatable bonds is 7. The van der Waals surface area contributed by atoms with Gasteiger partial charge in [0.1, 0.15) is 0 Å². The van der Waals surface area contributed by atoms with Crippen molar-refractivity contribution in [1.29, 1.82) is 0 Å². The van der Waals surface area contributed by atoms with Crippen molar-refractivity contribution in [2.75, 3.05) is 6.54 Å². The van der Waals surface area contributed by atoms with Crippen LogP contribution in [0.3, 0.4) is 0 Å². The van der Waals surface area contributed by atoms with Gasteiger partial charge in [0.05, 0.1) is 12.8 Å². The largest absolute Gasteiger partial charge is 0.356 e. The third kappa shape index (κ3) is 4.48. The lowest BCUT2D eigenvalue weighted by atomic mass is 10.3. The van der Waals surface area contributed by atoms with E-state index in [-0.39, 0.29) is 12.3 Å². The van der Waals surface area contributed by atoms with Crippen LogP contribution in [0.25, 0.3) is 0 Å². The van der Waals surface area contributed by atoms with E-state index in [4.69, 9.17) is 4.52 Å². The number of hydrogen-bond acceptors (Lipinski definition) is 5. The van der Waals surface area contributed by atoms with E-state index in [9.17, 15) is 4.79 Å². The molecule has 6 heteroatoms. The Morgan fingerprint density at radius 1 is 1.53 bits per heavy atom. The van der Waals surface area contributed by atoms with Gasteiger partial charge in [-0.3, -0.25) is 4.79 Å². The molecular formula is C13H17N3O2S. The van der Waals surface area contributed by atoms with E-state index in [0.29, 0.717) is 24.7 Å². The molecule has 5 nitrogen and oxygen atoms in total. The Balaban J connectivity index is 1.82. The Labute approximate surface area is 116 Å². The fourth-order valence-electron chi connectivity index (χ4n) is 1.61.